The average Bonchev–Trinajstić information content (AvgIpc) is 2.04. The maximum atomic E-state index is 10.6. The van der Waals surface area contributed by atoms with E-state index in [1.54, 1.807) is 0 Å². The monoisotopic (exact) mass is 194 g/mol. The number of amides is 1. The van der Waals surface area contributed by atoms with Crippen molar-refractivity contribution in [3.05, 3.63) is 0 Å². The SMILES string of the molecule is Cl.NCC1CCCCN1C(=O)O. The van der Waals surface area contributed by atoms with Crippen LogP contribution in [0.5, 0.6) is 0 Å². The second-order valence-electron chi connectivity index (χ2n) is 2.86. The van der Waals surface area contributed by atoms with Gasteiger partial charge >= 0.3 is 6.09 Å². The predicted molar refractivity (Wildman–Crippen MR) is 48.7 cm³/mol. The van der Waals surface area contributed by atoms with Crippen molar-refractivity contribution in [2.75, 3.05) is 13.1 Å². The van der Waals surface area contributed by atoms with Gasteiger partial charge in [-0.3, -0.25) is 0 Å². The van der Waals surface area contributed by atoms with Crippen LogP contribution < -0.4 is 5.73 Å². The fourth-order valence-corrected chi connectivity index (χ4v) is 1.50. The van der Waals surface area contributed by atoms with Crippen LogP contribution in [-0.2, 0) is 0 Å². The Balaban J connectivity index is 0.00000121. The highest BCUT2D eigenvalue weighted by molar-refractivity contribution is 5.85. The molecule has 0 radical (unpaired) electrons. The van der Waals surface area contributed by atoms with Crippen molar-refractivity contribution in [3.63, 3.8) is 0 Å². The summed E-state index contributed by atoms with van der Waals surface area (Å²) in [6, 6.07) is 0.0567. The van der Waals surface area contributed by atoms with Gasteiger partial charge in [0, 0.05) is 19.1 Å². The normalized spacial score (nSPS) is 23.1. The number of likely N-dealkylation sites (tertiary alicyclic amines) is 1. The molecular formula is C7H15ClN2O2. The fraction of sp³-hybridized carbons (Fsp3) is 0.857. The Bertz CT molecular complexity index is 154. The highest BCUT2D eigenvalue weighted by Gasteiger charge is 2.24. The van der Waals surface area contributed by atoms with Crippen LogP contribution in [0.3, 0.4) is 0 Å². The number of carboxylic acid groups (broad SMARTS) is 1. The molecule has 0 aromatic rings. The number of rotatable bonds is 1. The Labute approximate surface area is 78.1 Å². The van der Waals surface area contributed by atoms with Crippen molar-refractivity contribution in [2.45, 2.75) is 25.3 Å². The summed E-state index contributed by atoms with van der Waals surface area (Å²) in [6.45, 7) is 1.10. The zero-order chi connectivity index (χ0) is 8.27. The molecule has 4 nitrogen and oxygen atoms in total. The first kappa shape index (κ1) is 11.5. The van der Waals surface area contributed by atoms with E-state index in [0.717, 1.165) is 19.3 Å². The van der Waals surface area contributed by atoms with E-state index in [2.05, 4.69) is 0 Å². The molecule has 0 spiro atoms. The molecule has 1 fully saturated rings. The second kappa shape index (κ2) is 5.22. The second-order valence-corrected chi connectivity index (χ2v) is 2.86. The topological polar surface area (TPSA) is 66.6 Å². The van der Waals surface area contributed by atoms with E-state index in [0.29, 0.717) is 13.1 Å². The molecule has 1 rings (SSSR count). The van der Waals surface area contributed by atoms with Crippen LogP contribution in [0.15, 0.2) is 0 Å². The molecule has 1 heterocycles. The molecule has 0 aromatic heterocycles. The molecule has 0 bridgehead atoms. The molecule has 0 aromatic carbocycles. The summed E-state index contributed by atoms with van der Waals surface area (Å²) in [5.41, 5.74) is 5.43. The Hall–Kier alpha value is -0.480. The predicted octanol–water partition coefficient (Wildman–Crippen LogP) is 0.899. The molecular weight excluding hydrogens is 180 g/mol. The molecule has 1 aliphatic heterocycles. The molecule has 1 atom stereocenters. The summed E-state index contributed by atoms with van der Waals surface area (Å²) >= 11 is 0. The van der Waals surface area contributed by atoms with Gasteiger partial charge in [-0.05, 0) is 19.3 Å². The molecule has 0 aliphatic carbocycles. The van der Waals surface area contributed by atoms with Gasteiger partial charge in [0.15, 0.2) is 0 Å². The fourth-order valence-electron chi connectivity index (χ4n) is 1.50. The third-order valence-corrected chi connectivity index (χ3v) is 2.14. The van der Waals surface area contributed by atoms with Gasteiger partial charge in [-0.25, -0.2) is 4.79 Å². The number of hydrogen-bond acceptors (Lipinski definition) is 2. The molecule has 1 amide bonds. The molecule has 12 heavy (non-hydrogen) atoms. The van der Waals surface area contributed by atoms with E-state index in [1.807, 2.05) is 0 Å². The minimum atomic E-state index is -0.833. The van der Waals surface area contributed by atoms with E-state index in [9.17, 15) is 4.79 Å². The molecule has 1 unspecified atom stereocenters. The van der Waals surface area contributed by atoms with Crippen molar-refractivity contribution in [1.29, 1.82) is 0 Å². The largest absolute Gasteiger partial charge is 0.465 e. The number of carbonyl (C=O) groups is 1. The van der Waals surface area contributed by atoms with E-state index in [-0.39, 0.29) is 18.4 Å². The molecule has 72 valence electrons. The Kier molecular flexibility index (Phi) is 5.01. The minimum Gasteiger partial charge on any atom is -0.465 e. The van der Waals surface area contributed by atoms with Crippen molar-refractivity contribution >= 4 is 18.5 Å². The zero-order valence-corrected chi connectivity index (χ0v) is 7.72. The van der Waals surface area contributed by atoms with Gasteiger partial charge in [-0.1, -0.05) is 0 Å². The summed E-state index contributed by atoms with van der Waals surface area (Å²) in [7, 11) is 0. The number of nitrogens with zero attached hydrogens (tertiary/aromatic N) is 1. The van der Waals surface area contributed by atoms with Gasteiger partial charge in [-0.2, -0.15) is 0 Å². The van der Waals surface area contributed by atoms with Crippen LogP contribution in [-0.4, -0.2) is 35.2 Å². The van der Waals surface area contributed by atoms with E-state index >= 15 is 0 Å². The summed E-state index contributed by atoms with van der Waals surface area (Å²) < 4.78 is 0. The first-order valence-electron chi connectivity index (χ1n) is 3.95. The maximum Gasteiger partial charge on any atom is 0.407 e. The molecule has 3 N–H and O–H groups in total. The Morgan fingerprint density at radius 3 is 2.67 bits per heavy atom. The lowest BCUT2D eigenvalue weighted by Crippen LogP contribution is -2.46. The van der Waals surface area contributed by atoms with E-state index < -0.39 is 6.09 Å². The van der Waals surface area contributed by atoms with E-state index in [1.165, 1.54) is 4.90 Å². The van der Waals surface area contributed by atoms with Crippen molar-refractivity contribution in [2.24, 2.45) is 5.73 Å². The highest BCUT2D eigenvalue weighted by Crippen LogP contribution is 2.15. The van der Waals surface area contributed by atoms with Gasteiger partial charge in [0.1, 0.15) is 0 Å². The van der Waals surface area contributed by atoms with Gasteiger partial charge in [0.2, 0.25) is 0 Å². The van der Waals surface area contributed by atoms with E-state index in [4.69, 9.17) is 10.8 Å². The molecule has 1 saturated heterocycles. The molecule has 0 saturated carbocycles. The lowest BCUT2D eigenvalue weighted by Gasteiger charge is -2.32. The van der Waals surface area contributed by atoms with Crippen molar-refractivity contribution in [1.82, 2.24) is 4.90 Å². The average molecular weight is 195 g/mol. The van der Waals surface area contributed by atoms with Crippen molar-refractivity contribution < 1.29 is 9.90 Å². The Morgan fingerprint density at radius 2 is 2.25 bits per heavy atom. The van der Waals surface area contributed by atoms with Crippen LogP contribution in [0, 0.1) is 0 Å². The third-order valence-electron chi connectivity index (χ3n) is 2.14. The minimum absolute atomic E-state index is 0. The standard InChI is InChI=1S/C7H14N2O2.ClH/c8-5-6-3-1-2-4-9(6)7(10)11;/h6H,1-5,8H2,(H,10,11);1H. The number of halogens is 1. The summed E-state index contributed by atoms with van der Waals surface area (Å²) in [5.74, 6) is 0. The highest BCUT2D eigenvalue weighted by atomic mass is 35.5. The summed E-state index contributed by atoms with van der Waals surface area (Å²) in [6.07, 6.45) is 2.16. The number of piperidine rings is 1. The quantitative estimate of drug-likeness (QED) is 0.652. The van der Waals surface area contributed by atoms with Gasteiger partial charge in [0.25, 0.3) is 0 Å². The van der Waals surface area contributed by atoms with Crippen molar-refractivity contribution in [3.8, 4) is 0 Å². The molecule has 1 aliphatic rings. The van der Waals surface area contributed by atoms with Crippen LogP contribution >= 0.6 is 12.4 Å². The maximum absolute atomic E-state index is 10.6. The lowest BCUT2D eigenvalue weighted by molar-refractivity contribution is 0.109. The van der Waals surface area contributed by atoms with Crippen LogP contribution in [0.4, 0.5) is 4.79 Å². The summed E-state index contributed by atoms with van der Waals surface area (Å²) in [5, 5.41) is 8.71. The number of nitrogens with two attached hydrogens (primary N) is 1. The smallest absolute Gasteiger partial charge is 0.407 e. The Morgan fingerprint density at radius 1 is 1.58 bits per heavy atom. The molecule has 5 heteroatoms. The van der Waals surface area contributed by atoms with Crippen LogP contribution in [0.25, 0.3) is 0 Å². The summed E-state index contributed by atoms with van der Waals surface area (Å²) in [4.78, 5) is 12.0. The first-order valence-corrected chi connectivity index (χ1v) is 3.95. The van der Waals surface area contributed by atoms with Gasteiger partial charge < -0.3 is 15.7 Å². The van der Waals surface area contributed by atoms with Gasteiger partial charge in [0.05, 0.1) is 0 Å². The first-order chi connectivity index (χ1) is 5.25. The third kappa shape index (κ3) is 2.53. The van der Waals surface area contributed by atoms with Crippen LogP contribution in [0.2, 0.25) is 0 Å². The lowest BCUT2D eigenvalue weighted by atomic mass is 10.0. The van der Waals surface area contributed by atoms with Crippen LogP contribution in [0.1, 0.15) is 19.3 Å². The number of hydrogen-bond donors (Lipinski definition) is 2. The van der Waals surface area contributed by atoms with Gasteiger partial charge in [-0.15, -0.1) is 12.4 Å². The zero-order valence-electron chi connectivity index (χ0n) is 6.90.